The third-order valence-corrected chi connectivity index (χ3v) is 2.41. The van der Waals surface area contributed by atoms with Gasteiger partial charge in [0.05, 0.1) is 21.3 Å². The largest absolute Gasteiger partial charge is 0.271 e. The lowest BCUT2D eigenvalue weighted by Crippen LogP contribution is -1.97. The van der Waals surface area contributed by atoms with Gasteiger partial charge in [-0.25, -0.2) is 4.68 Å². The first-order valence-electron chi connectivity index (χ1n) is 4.54. The second-order valence-electron chi connectivity index (χ2n) is 3.29. The number of nitrogens with zero attached hydrogens (tertiary/aromatic N) is 3. The highest BCUT2D eigenvalue weighted by Crippen LogP contribution is 2.25. The summed E-state index contributed by atoms with van der Waals surface area (Å²) in [4.78, 5) is 10.0. The van der Waals surface area contributed by atoms with Gasteiger partial charge < -0.3 is 0 Å². The van der Waals surface area contributed by atoms with Crippen molar-refractivity contribution >= 4 is 17.3 Å². The SMILES string of the molecule is Cc1ccn(-c2ccc([N+](=O)[O-])cc2Cl)n1. The molecule has 0 bridgehead atoms. The van der Waals surface area contributed by atoms with Gasteiger partial charge in [-0.05, 0) is 19.1 Å². The highest BCUT2D eigenvalue weighted by Gasteiger charge is 2.10. The van der Waals surface area contributed by atoms with Crippen LogP contribution >= 0.6 is 11.6 Å². The topological polar surface area (TPSA) is 61.0 Å². The summed E-state index contributed by atoms with van der Waals surface area (Å²) in [5.41, 5.74) is 1.45. The average molecular weight is 238 g/mol. The minimum absolute atomic E-state index is 0.0300. The molecule has 0 saturated carbocycles. The molecule has 0 atom stereocenters. The van der Waals surface area contributed by atoms with Crippen molar-refractivity contribution in [2.24, 2.45) is 0 Å². The zero-order chi connectivity index (χ0) is 11.7. The van der Waals surface area contributed by atoms with Gasteiger partial charge in [-0.2, -0.15) is 5.10 Å². The summed E-state index contributed by atoms with van der Waals surface area (Å²) in [6.07, 6.45) is 1.75. The molecule has 5 nitrogen and oxygen atoms in total. The predicted octanol–water partition coefficient (Wildman–Crippen LogP) is 2.74. The zero-order valence-electron chi connectivity index (χ0n) is 8.42. The van der Waals surface area contributed by atoms with Gasteiger partial charge in [0.15, 0.2) is 0 Å². The molecule has 6 heteroatoms. The Morgan fingerprint density at radius 1 is 1.44 bits per heavy atom. The van der Waals surface area contributed by atoms with Crippen molar-refractivity contribution in [3.63, 3.8) is 0 Å². The molecule has 0 radical (unpaired) electrons. The Morgan fingerprint density at radius 3 is 2.69 bits per heavy atom. The summed E-state index contributed by atoms with van der Waals surface area (Å²) in [6.45, 7) is 1.86. The molecule has 1 heterocycles. The van der Waals surface area contributed by atoms with Crippen molar-refractivity contribution in [1.82, 2.24) is 9.78 Å². The lowest BCUT2D eigenvalue weighted by Gasteiger charge is -2.03. The van der Waals surface area contributed by atoms with Crippen molar-refractivity contribution in [2.75, 3.05) is 0 Å². The highest BCUT2D eigenvalue weighted by molar-refractivity contribution is 6.32. The second kappa shape index (κ2) is 3.94. The monoisotopic (exact) mass is 237 g/mol. The van der Waals surface area contributed by atoms with Crippen molar-refractivity contribution in [1.29, 1.82) is 0 Å². The predicted molar refractivity (Wildman–Crippen MR) is 60.0 cm³/mol. The molecule has 16 heavy (non-hydrogen) atoms. The highest BCUT2D eigenvalue weighted by atomic mass is 35.5. The van der Waals surface area contributed by atoms with E-state index in [0.29, 0.717) is 10.7 Å². The lowest BCUT2D eigenvalue weighted by atomic mass is 10.3. The van der Waals surface area contributed by atoms with Gasteiger partial charge in [-0.3, -0.25) is 10.1 Å². The molecule has 1 aromatic heterocycles. The van der Waals surface area contributed by atoms with E-state index in [4.69, 9.17) is 11.6 Å². The third kappa shape index (κ3) is 1.90. The van der Waals surface area contributed by atoms with Crippen LogP contribution < -0.4 is 0 Å². The molecule has 0 aliphatic heterocycles. The first kappa shape index (κ1) is 10.6. The number of halogens is 1. The molecule has 0 aliphatic carbocycles. The van der Waals surface area contributed by atoms with Crippen molar-refractivity contribution in [2.45, 2.75) is 6.92 Å². The van der Waals surface area contributed by atoms with Gasteiger partial charge in [-0.1, -0.05) is 11.6 Å². The first-order valence-corrected chi connectivity index (χ1v) is 4.92. The van der Waals surface area contributed by atoms with E-state index in [2.05, 4.69) is 5.10 Å². The van der Waals surface area contributed by atoms with Crippen molar-refractivity contribution in [3.8, 4) is 5.69 Å². The van der Waals surface area contributed by atoms with Crippen molar-refractivity contribution < 1.29 is 4.92 Å². The van der Waals surface area contributed by atoms with Crippen LogP contribution in [0.4, 0.5) is 5.69 Å². The van der Waals surface area contributed by atoms with Crippen LogP contribution in [0.1, 0.15) is 5.69 Å². The van der Waals surface area contributed by atoms with Gasteiger partial charge in [0.25, 0.3) is 5.69 Å². The molecule has 0 fully saturated rings. The molecule has 0 unspecified atom stereocenters. The Kier molecular flexibility index (Phi) is 2.62. The van der Waals surface area contributed by atoms with Crippen LogP contribution in [0, 0.1) is 17.0 Å². The summed E-state index contributed by atoms with van der Waals surface area (Å²) in [6, 6.07) is 6.12. The molecule has 2 aromatic rings. The minimum atomic E-state index is -0.482. The lowest BCUT2D eigenvalue weighted by molar-refractivity contribution is -0.384. The van der Waals surface area contributed by atoms with E-state index in [9.17, 15) is 10.1 Å². The zero-order valence-corrected chi connectivity index (χ0v) is 9.18. The Balaban J connectivity index is 2.47. The molecule has 1 aromatic carbocycles. The van der Waals surface area contributed by atoms with Crippen LogP contribution in [-0.2, 0) is 0 Å². The fourth-order valence-electron chi connectivity index (χ4n) is 1.34. The van der Waals surface area contributed by atoms with E-state index in [0.717, 1.165) is 5.69 Å². The number of benzene rings is 1. The van der Waals surface area contributed by atoms with Crippen LogP contribution in [0.2, 0.25) is 5.02 Å². The summed E-state index contributed by atoms with van der Waals surface area (Å²) >= 11 is 5.95. The van der Waals surface area contributed by atoms with E-state index in [1.807, 2.05) is 13.0 Å². The number of nitro groups is 1. The average Bonchev–Trinajstić information content (AvgIpc) is 2.64. The minimum Gasteiger partial charge on any atom is -0.258 e. The van der Waals surface area contributed by atoms with E-state index in [1.165, 1.54) is 12.1 Å². The smallest absolute Gasteiger partial charge is 0.258 e. The maximum absolute atomic E-state index is 10.5. The number of hydrogen-bond acceptors (Lipinski definition) is 3. The standard InChI is InChI=1S/C10H8ClN3O2/c1-7-4-5-13(12-7)10-3-2-8(14(15)16)6-9(10)11/h2-6H,1H3. The number of non-ortho nitro benzene ring substituents is 1. The molecule has 0 N–H and O–H groups in total. The summed E-state index contributed by atoms with van der Waals surface area (Å²) in [5, 5.41) is 15.0. The molecule has 0 saturated heterocycles. The number of nitro benzene ring substituents is 1. The molecule has 0 aliphatic rings. The van der Waals surface area contributed by atoms with E-state index >= 15 is 0 Å². The van der Waals surface area contributed by atoms with Crippen LogP contribution in [0.5, 0.6) is 0 Å². The van der Waals surface area contributed by atoms with Crippen LogP contribution in [0.25, 0.3) is 5.69 Å². The summed E-state index contributed by atoms with van der Waals surface area (Å²) in [5.74, 6) is 0. The van der Waals surface area contributed by atoms with Crippen molar-refractivity contribution in [3.05, 3.63) is 51.3 Å². The van der Waals surface area contributed by atoms with Gasteiger partial charge >= 0.3 is 0 Å². The van der Waals surface area contributed by atoms with Gasteiger partial charge in [0, 0.05) is 18.3 Å². The first-order chi connectivity index (χ1) is 7.58. The molecular weight excluding hydrogens is 230 g/mol. The number of aromatic nitrogens is 2. The van der Waals surface area contributed by atoms with Gasteiger partial charge in [0.2, 0.25) is 0 Å². The quantitative estimate of drug-likeness (QED) is 0.596. The fourth-order valence-corrected chi connectivity index (χ4v) is 1.61. The maximum atomic E-state index is 10.5. The Morgan fingerprint density at radius 2 is 2.19 bits per heavy atom. The molecule has 0 amide bonds. The molecule has 0 spiro atoms. The Labute approximate surface area is 96.4 Å². The van der Waals surface area contributed by atoms with Gasteiger partial charge in [-0.15, -0.1) is 0 Å². The molecule has 82 valence electrons. The summed E-state index contributed by atoms with van der Waals surface area (Å²) in [7, 11) is 0. The molecule has 2 rings (SSSR count). The van der Waals surface area contributed by atoms with Crippen LogP contribution in [-0.4, -0.2) is 14.7 Å². The Hall–Kier alpha value is -1.88. The number of rotatable bonds is 2. The maximum Gasteiger partial charge on any atom is 0.271 e. The van der Waals surface area contributed by atoms with Crippen LogP contribution in [0.15, 0.2) is 30.5 Å². The normalized spacial score (nSPS) is 10.4. The van der Waals surface area contributed by atoms with E-state index < -0.39 is 4.92 Å². The third-order valence-electron chi connectivity index (χ3n) is 2.11. The Bertz CT molecular complexity index is 551. The molecular formula is C10H8ClN3O2. The summed E-state index contributed by atoms with van der Waals surface area (Å²) < 4.78 is 1.58. The number of hydrogen-bond donors (Lipinski definition) is 0. The van der Waals surface area contributed by atoms with Gasteiger partial charge in [0.1, 0.15) is 0 Å². The van der Waals surface area contributed by atoms with Crippen LogP contribution in [0.3, 0.4) is 0 Å². The second-order valence-corrected chi connectivity index (χ2v) is 3.70. The van der Waals surface area contributed by atoms with E-state index in [1.54, 1.807) is 16.9 Å². The van der Waals surface area contributed by atoms with E-state index in [-0.39, 0.29) is 5.69 Å². The fraction of sp³-hybridized carbons (Fsp3) is 0.100. The number of aryl methyl sites for hydroxylation is 1.